The minimum Gasteiger partial charge on any atom is -0.334 e. The molecule has 3 rings (SSSR count). The number of carbonyl (C=O) groups excluding carboxylic acids is 1. The van der Waals surface area contributed by atoms with Crippen LogP contribution in [0.2, 0.25) is 0 Å². The Morgan fingerprint density at radius 1 is 1.09 bits per heavy atom. The van der Waals surface area contributed by atoms with Crippen LogP contribution in [-0.4, -0.2) is 15.8 Å². The van der Waals surface area contributed by atoms with E-state index in [1.807, 2.05) is 24.3 Å². The zero-order valence-corrected chi connectivity index (χ0v) is 12.2. The number of urea groups is 1. The van der Waals surface area contributed by atoms with Crippen molar-refractivity contribution in [2.75, 3.05) is 5.32 Å². The van der Waals surface area contributed by atoms with Crippen LogP contribution in [-0.2, 0) is 6.54 Å². The van der Waals surface area contributed by atoms with Crippen LogP contribution in [0.5, 0.6) is 0 Å². The molecule has 0 saturated heterocycles. The fourth-order valence-electron chi connectivity index (χ4n) is 2.14. The molecule has 0 bridgehead atoms. The molecule has 0 unspecified atom stereocenters. The normalized spacial score (nSPS) is 10.3. The highest BCUT2D eigenvalue weighted by Gasteiger charge is 2.07. The Kier molecular flexibility index (Phi) is 4.33. The SMILES string of the molecule is O=C(NCc1ccc(F)cc1)Nc1ccccc1-n1cccn1. The summed E-state index contributed by atoms with van der Waals surface area (Å²) in [6.07, 6.45) is 3.47. The molecule has 5 nitrogen and oxygen atoms in total. The fourth-order valence-corrected chi connectivity index (χ4v) is 2.14. The number of hydrogen-bond acceptors (Lipinski definition) is 2. The number of para-hydroxylation sites is 2. The van der Waals surface area contributed by atoms with Gasteiger partial charge in [-0.05, 0) is 35.9 Å². The Morgan fingerprint density at radius 2 is 1.87 bits per heavy atom. The lowest BCUT2D eigenvalue weighted by Crippen LogP contribution is -2.28. The number of nitrogens with one attached hydrogen (secondary N) is 2. The molecule has 0 aliphatic carbocycles. The second-order valence-corrected chi connectivity index (χ2v) is 4.90. The molecule has 6 heteroatoms. The van der Waals surface area contributed by atoms with E-state index >= 15 is 0 Å². The number of nitrogens with zero attached hydrogens (tertiary/aromatic N) is 2. The average molecular weight is 310 g/mol. The lowest BCUT2D eigenvalue weighted by molar-refractivity contribution is 0.251. The number of carbonyl (C=O) groups is 1. The Bertz CT molecular complexity index is 785. The smallest absolute Gasteiger partial charge is 0.319 e. The Morgan fingerprint density at radius 3 is 2.61 bits per heavy atom. The van der Waals surface area contributed by atoms with Crippen molar-refractivity contribution in [1.82, 2.24) is 15.1 Å². The predicted octanol–water partition coefficient (Wildman–Crippen LogP) is 3.33. The number of halogens is 1. The van der Waals surface area contributed by atoms with Gasteiger partial charge < -0.3 is 10.6 Å². The molecule has 0 fully saturated rings. The molecule has 1 aromatic heterocycles. The van der Waals surface area contributed by atoms with E-state index in [1.54, 1.807) is 35.3 Å². The first-order valence-corrected chi connectivity index (χ1v) is 7.11. The van der Waals surface area contributed by atoms with E-state index in [9.17, 15) is 9.18 Å². The van der Waals surface area contributed by atoms with Crippen molar-refractivity contribution in [3.8, 4) is 5.69 Å². The maximum absolute atomic E-state index is 12.8. The third-order valence-corrected chi connectivity index (χ3v) is 3.27. The molecule has 2 amide bonds. The van der Waals surface area contributed by atoms with E-state index in [2.05, 4.69) is 15.7 Å². The van der Waals surface area contributed by atoms with E-state index < -0.39 is 0 Å². The summed E-state index contributed by atoms with van der Waals surface area (Å²) in [6, 6.07) is 14.8. The molecule has 3 aromatic rings. The molecule has 0 aliphatic rings. The molecule has 0 saturated carbocycles. The second-order valence-electron chi connectivity index (χ2n) is 4.90. The molecule has 2 N–H and O–H groups in total. The van der Waals surface area contributed by atoms with Crippen molar-refractivity contribution in [2.24, 2.45) is 0 Å². The average Bonchev–Trinajstić information content (AvgIpc) is 3.09. The number of anilines is 1. The van der Waals surface area contributed by atoms with Crippen LogP contribution in [0.25, 0.3) is 5.69 Å². The topological polar surface area (TPSA) is 59.0 Å². The van der Waals surface area contributed by atoms with Crippen molar-refractivity contribution in [1.29, 1.82) is 0 Å². The maximum atomic E-state index is 12.8. The van der Waals surface area contributed by atoms with Gasteiger partial charge in [-0.1, -0.05) is 24.3 Å². The van der Waals surface area contributed by atoms with E-state index in [0.29, 0.717) is 12.2 Å². The first kappa shape index (κ1) is 14.8. The standard InChI is InChI=1S/C17H15FN4O/c18-14-8-6-13(7-9-14)12-19-17(23)21-15-4-1-2-5-16(15)22-11-3-10-20-22/h1-11H,12H2,(H2,19,21,23). The summed E-state index contributed by atoms with van der Waals surface area (Å²) in [7, 11) is 0. The van der Waals surface area contributed by atoms with Gasteiger partial charge in [-0.25, -0.2) is 13.9 Å². The summed E-state index contributed by atoms with van der Waals surface area (Å²) in [6.45, 7) is 0.316. The van der Waals surface area contributed by atoms with Crippen molar-refractivity contribution >= 4 is 11.7 Å². The van der Waals surface area contributed by atoms with Crippen molar-refractivity contribution in [3.63, 3.8) is 0 Å². The molecule has 23 heavy (non-hydrogen) atoms. The highest BCUT2D eigenvalue weighted by atomic mass is 19.1. The lowest BCUT2D eigenvalue weighted by Gasteiger charge is -2.12. The zero-order chi connectivity index (χ0) is 16.1. The largest absolute Gasteiger partial charge is 0.334 e. The molecule has 0 atom stereocenters. The van der Waals surface area contributed by atoms with Crippen LogP contribution >= 0.6 is 0 Å². The summed E-state index contributed by atoms with van der Waals surface area (Å²) in [5, 5.41) is 9.70. The number of benzene rings is 2. The Labute approximate surface area is 132 Å². The molecule has 0 spiro atoms. The first-order valence-electron chi connectivity index (χ1n) is 7.11. The van der Waals surface area contributed by atoms with Crippen LogP contribution in [0.15, 0.2) is 67.0 Å². The minimum absolute atomic E-state index is 0.300. The van der Waals surface area contributed by atoms with E-state index in [-0.39, 0.29) is 11.8 Å². The summed E-state index contributed by atoms with van der Waals surface area (Å²) in [4.78, 5) is 12.0. The van der Waals surface area contributed by atoms with Gasteiger partial charge in [0.1, 0.15) is 5.82 Å². The van der Waals surface area contributed by atoms with Gasteiger partial charge in [-0.3, -0.25) is 0 Å². The van der Waals surface area contributed by atoms with Crippen LogP contribution in [0.4, 0.5) is 14.9 Å². The highest BCUT2D eigenvalue weighted by Crippen LogP contribution is 2.18. The highest BCUT2D eigenvalue weighted by molar-refractivity contribution is 5.91. The third kappa shape index (κ3) is 3.74. The minimum atomic E-state index is -0.339. The van der Waals surface area contributed by atoms with Crippen LogP contribution in [0.3, 0.4) is 0 Å². The lowest BCUT2D eigenvalue weighted by atomic mass is 10.2. The van der Waals surface area contributed by atoms with Crippen LogP contribution < -0.4 is 10.6 Å². The third-order valence-electron chi connectivity index (χ3n) is 3.27. The summed E-state index contributed by atoms with van der Waals surface area (Å²) >= 11 is 0. The summed E-state index contributed by atoms with van der Waals surface area (Å²) in [5.41, 5.74) is 2.24. The monoisotopic (exact) mass is 310 g/mol. The molecule has 1 heterocycles. The number of rotatable bonds is 4. The number of hydrogen-bond donors (Lipinski definition) is 2. The Balaban J connectivity index is 1.65. The van der Waals surface area contributed by atoms with Gasteiger partial charge in [-0.15, -0.1) is 0 Å². The van der Waals surface area contributed by atoms with Gasteiger partial charge in [0.15, 0.2) is 0 Å². The number of aromatic nitrogens is 2. The van der Waals surface area contributed by atoms with Crippen LogP contribution in [0, 0.1) is 5.82 Å². The van der Waals surface area contributed by atoms with Crippen LogP contribution in [0.1, 0.15) is 5.56 Å². The fraction of sp³-hybridized carbons (Fsp3) is 0.0588. The molecular weight excluding hydrogens is 295 g/mol. The van der Waals surface area contributed by atoms with Crippen molar-refractivity contribution in [2.45, 2.75) is 6.54 Å². The van der Waals surface area contributed by atoms with Gasteiger partial charge in [0.2, 0.25) is 0 Å². The molecular formula is C17H15FN4O. The Hall–Kier alpha value is -3.15. The molecule has 0 radical (unpaired) electrons. The zero-order valence-electron chi connectivity index (χ0n) is 12.2. The summed E-state index contributed by atoms with van der Waals surface area (Å²) < 4.78 is 14.5. The van der Waals surface area contributed by atoms with Gasteiger partial charge in [0.25, 0.3) is 0 Å². The molecule has 0 aliphatic heterocycles. The van der Waals surface area contributed by atoms with Gasteiger partial charge in [0.05, 0.1) is 11.4 Å². The van der Waals surface area contributed by atoms with Gasteiger partial charge in [-0.2, -0.15) is 5.10 Å². The predicted molar refractivity (Wildman–Crippen MR) is 85.8 cm³/mol. The maximum Gasteiger partial charge on any atom is 0.319 e. The number of amides is 2. The van der Waals surface area contributed by atoms with Gasteiger partial charge >= 0.3 is 6.03 Å². The van der Waals surface area contributed by atoms with Crippen molar-refractivity contribution < 1.29 is 9.18 Å². The quantitative estimate of drug-likeness (QED) is 0.776. The first-order chi connectivity index (χ1) is 11.2. The summed E-state index contributed by atoms with van der Waals surface area (Å²) in [5.74, 6) is -0.300. The van der Waals surface area contributed by atoms with E-state index in [1.165, 1.54) is 12.1 Å². The van der Waals surface area contributed by atoms with E-state index in [0.717, 1.165) is 11.3 Å². The molecule has 116 valence electrons. The van der Waals surface area contributed by atoms with Gasteiger partial charge in [0, 0.05) is 18.9 Å². The van der Waals surface area contributed by atoms with Crippen molar-refractivity contribution in [3.05, 3.63) is 78.4 Å². The van der Waals surface area contributed by atoms with E-state index in [4.69, 9.17) is 0 Å². The second kappa shape index (κ2) is 6.74. The molecule has 2 aromatic carbocycles.